The van der Waals surface area contributed by atoms with Crippen molar-refractivity contribution in [3.05, 3.63) is 35.3 Å². The van der Waals surface area contributed by atoms with E-state index in [1.807, 2.05) is 0 Å². The lowest BCUT2D eigenvalue weighted by Crippen LogP contribution is -2.61. The van der Waals surface area contributed by atoms with E-state index >= 15 is 0 Å². The summed E-state index contributed by atoms with van der Waals surface area (Å²) in [5, 5.41) is 25.0. The minimum absolute atomic E-state index is 0.0133. The molecule has 0 aromatic carbocycles. The SMILES string of the molecule is CC(O)C1C(=O)N2C(OC(=O)O)=C(SC3CNC(C(=O)Nc4ccncc4)C3)C[C@H]12. The number of ether oxygens (including phenoxy) is 1. The number of carboxylic acid groups (broad SMARTS) is 1. The molecule has 160 valence electrons. The smallest absolute Gasteiger partial charge is 0.449 e. The topological polar surface area (TPSA) is 141 Å². The van der Waals surface area contributed by atoms with Crippen molar-refractivity contribution in [3.63, 3.8) is 0 Å². The molecule has 1 aromatic rings. The van der Waals surface area contributed by atoms with Crippen LogP contribution in [0.4, 0.5) is 10.5 Å². The second-order valence-corrected chi connectivity index (χ2v) is 8.90. The van der Waals surface area contributed by atoms with Crippen LogP contribution in [-0.4, -0.2) is 68.0 Å². The van der Waals surface area contributed by atoms with Gasteiger partial charge in [0.25, 0.3) is 0 Å². The summed E-state index contributed by atoms with van der Waals surface area (Å²) >= 11 is 1.42. The summed E-state index contributed by atoms with van der Waals surface area (Å²) in [7, 11) is 0. The van der Waals surface area contributed by atoms with Crippen molar-refractivity contribution < 1.29 is 29.3 Å². The minimum atomic E-state index is -1.49. The van der Waals surface area contributed by atoms with Crippen molar-refractivity contribution in [2.45, 2.75) is 43.2 Å². The lowest BCUT2D eigenvalue weighted by Gasteiger charge is -2.44. The molecule has 2 amide bonds. The molecule has 4 unspecified atom stereocenters. The number of aliphatic hydroxyl groups excluding tert-OH is 1. The average Bonchev–Trinajstić information content (AvgIpc) is 3.25. The van der Waals surface area contributed by atoms with Crippen LogP contribution >= 0.6 is 11.8 Å². The van der Waals surface area contributed by atoms with E-state index in [0.717, 1.165) is 0 Å². The van der Waals surface area contributed by atoms with Gasteiger partial charge < -0.3 is 25.6 Å². The van der Waals surface area contributed by atoms with Gasteiger partial charge in [-0.1, -0.05) is 0 Å². The van der Waals surface area contributed by atoms with Crippen LogP contribution in [0.3, 0.4) is 0 Å². The molecule has 5 atom stereocenters. The van der Waals surface area contributed by atoms with Gasteiger partial charge in [0.2, 0.25) is 17.7 Å². The fourth-order valence-electron chi connectivity index (χ4n) is 4.12. The number of hydrogen-bond donors (Lipinski definition) is 4. The zero-order valence-corrected chi connectivity index (χ0v) is 17.0. The summed E-state index contributed by atoms with van der Waals surface area (Å²) in [5.41, 5.74) is 0.663. The molecule has 1 aromatic heterocycles. The molecule has 0 bridgehead atoms. The number of carbonyl (C=O) groups is 3. The highest BCUT2D eigenvalue weighted by Crippen LogP contribution is 2.48. The summed E-state index contributed by atoms with van der Waals surface area (Å²) in [6.07, 6.45) is 1.86. The monoisotopic (exact) mass is 434 g/mol. The Hall–Kier alpha value is -2.63. The Balaban J connectivity index is 1.41. The van der Waals surface area contributed by atoms with Crippen LogP contribution in [0.5, 0.6) is 0 Å². The standard InChI is InChI=1S/C19H22N4O6S/c1-9(24)15-13-7-14(18(29-19(27)28)23(13)17(15)26)30-11-6-12(21-8-11)16(25)22-10-2-4-20-5-3-10/h2-5,9,11-13,15,21,24H,6-8H2,1H3,(H,27,28)(H,20,22,25)/t9?,11?,12?,13-,15?/m1/s1. The number of aliphatic hydroxyl groups is 1. The van der Waals surface area contributed by atoms with Gasteiger partial charge >= 0.3 is 6.16 Å². The van der Waals surface area contributed by atoms with Gasteiger partial charge in [-0.2, -0.15) is 0 Å². The van der Waals surface area contributed by atoms with E-state index in [1.165, 1.54) is 16.7 Å². The molecule has 30 heavy (non-hydrogen) atoms. The van der Waals surface area contributed by atoms with E-state index in [4.69, 9.17) is 9.84 Å². The van der Waals surface area contributed by atoms with Gasteiger partial charge in [0.05, 0.1) is 24.1 Å². The van der Waals surface area contributed by atoms with Gasteiger partial charge in [-0.15, -0.1) is 11.8 Å². The van der Waals surface area contributed by atoms with Gasteiger partial charge in [-0.05, 0) is 25.5 Å². The molecule has 4 N–H and O–H groups in total. The number of thioether (sulfide) groups is 1. The van der Waals surface area contributed by atoms with Crippen molar-refractivity contribution in [2.24, 2.45) is 5.92 Å². The summed E-state index contributed by atoms with van der Waals surface area (Å²) in [5.74, 6) is -1.01. The van der Waals surface area contributed by atoms with Crippen LogP contribution in [0.25, 0.3) is 0 Å². The number of β-lactam (4-membered cyclic amide) rings is 1. The molecular formula is C19H22N4O6S. The predicted molar refractivity (Wildman–Crippen MR) is 107 cm³/mol. The first-order valence-corrected chi connectivity index (χ1v) is 10.5. The number of carbonyl (C=O) groups excluding carboxylic acids is 2. The molecule has 0 spiro atoms. The molecule has 11 heteroatoms. The Morgan fingerprint density at radius 3 is 2.80 bits per heavy atom. The highest BCUT2D eigenvalue weighted by atomic mass is 32.2. The van der Waals surface area contributed by atoms with Crippen LogP contribution in [0.1, 0.15) is 19.8 Å². The number of nitrogens with one attached hydrogen (secondary N) is 2. The number of amides is 2. The molecule has 0 saturated carbocycles. The van der Waals surface area contributed by atoms with Crippen molar-refractivity contribution in [1.29, 1.82) is 0 Å². The van der Waals surface area contributed by atoms with E-state index in [9.17, 15) is 19.5 Å². The maximum Gasteiger partial charge on any atom is 0.512 e. The Bertz CT molecular complexity index is 892. The third-order valence-electron chi connectivity index (χ3n) is 5.49. The second-order valence-electron chi connectivity index (χ2n) is 7.50. The van der Waals surface area contributed by atoms with Crippen LogP contribution in [0.15, 0.2) is 35.3 Å². The fraction of sp³-hybridized carbons (Fsp3) is 0.474. The predicted octanol–water partition coefficient (Wildman–Crippen LogP) is 0.959. The van der Waals surface area contributed by atoms with Crippen LogP contribution in [0, 0.1) is 5.92 Å². The Morgan fingerprint density at radius 1 is 1.40 bits per heavy atom. The normalized spacial score (nSPS) is 28.7. The molecule has 10 nitrogen and oxygen atoms in total. The molecule has 2 fully saturated rings. The first-order chi connectivity index (χ1) is 14.3. The summed E-state index contributed by atoms with van der Waals surface area (Å²) in [6, 6.07) is 2.73. The maximum absolute atomic E-state index is 12.5. The number of pyridine rings is 1. The largest absolute Gasteiger partial charge is 0.512 e. The summed E-state index contributed by atoms with van der Waals surface area (Å²) in [6.45, 7) is 2.11. The Morgan fingerprint density at radius 2 is 2.13 bits per heavy atom. The zero-order chi connectivity index (χ0) is 21.4. The molecule has 0 aliphatic carbocycles. The van der Waals surface area contributed by atoms with Gasteiger partial charge in [0.1, 0.15) is 0 Å². The molecule has 2 saturated heterocycles. The number of anilines is 1. The van der Waals surface area contributed by atoms with Crippen LogP contribution in [0.2, 0.25) is 0 Å². The molecular weight excluding hydrogens is 412 g/mol. The quantitative estimate of drug-likeness (QED) is 0.380. The minimum Gasteiger partial charge on any atom is -0.449 e. The summed E-state index contributed by atoms with van der Waals surface area (Å²) in [4.78, 5) is 41.9. The summed E-state index contributed by atoms with van der Waals surface area (Å²) < 4.78 is 4.91. The number of hydrogen-bond acceptors (Lipinski definition) is 8. The van der Waals surface area contributed by atoms with Gasteiger partial charge in [0.15, 0.2) is 0 Å². The first kappa shape index (κ1) is 20.6. The van der Waals surface area contributed by atoms with Crippen molar-refractivity contribution in [1.82, 2.24) is 15.2 Å². The third-order valence-corrected chi connectivity index (χ3v) is 6.81. The number of fused-ring (bicyclic) bond motifs is 1. The fourth-order valence-corrected chi connectivity index (χ4v) is 5.50. The lowest BCUT2D eigenvalue weighted by molar-refractivity contribution is -0.161. The van der Waals surface area contributed by atoms with Gasteiger partial charge in [-0.3, -0.25) is 19.5 Å². The molecule has 4 rings (SSSR count). The molecule has 3 aliphatic rings. The number of aromatic nitrogens is 1. The Labute approximate surface area is 176 Å². The van der Waals surface area contributed by atoms with E-state index in [-0.39, 0.29) is 35.0 Å². The average molecular weight is 434 g/mol. The van der Waals surface area contributed by atoms with Crippen molar-refractivity contribution >= 4 is 35.4 Å². The van der Waals surface area contributed by atoms with E-state index < -0.39 is 18.2 Å². The van der Waals surface area contributed by atoms with Gasteiger partial charge in [0, 0.05) is 41.2 Å². The second kappa shape index (κ2) is 8.25. The highest BCUT2D eigenvalue weighted by molar-refractivity contribution is 8.03. The number of nitrogens with zero attached hydrogens (tertiary/aromatic N) is 2. The first-order valence-electron chi connectivity index (χ1n) is 9.61. The third kappa shape index (κ3) is 3.87. The van der Waals surface area contributed by atoms with Crippen molar-refractivity contribution in [3.8, 4) is 0 Å². The number of rotatable bonds is 6. The lowest BCUT2D eigenvalue weighted by atomic mass is 9.84. The van der Waals surface area contributed by atoms with Crippen LogP contribution < -0.4 is 10.6 Å². The maximum atomic E-state index is 12.5. The molecule has 0 radical (unpaired) electrons. The zero-order valence-electron chi connectivity index (χ0n) is 16.1. The van der Waals surface area contributed by atoms with E-state index in [0.29, 0.717) is 30.0 Å². The molecule has 4 heterocycles. The van der Waals surface area contributed by atoms with E-state index in [2.05, 4.69) is 15.6 Å². The highest BCUT2D eigenvalue weighted by Gasteiger charge is 2.57. The van der Waals surface area contributed by atoms with E-state index in [1.54, 1.807) is 31.5 Å². The Kier molecular flexibility index (Phi) is 5.67. The van der Waals surface area contributed by atoms with Gasteiger partial charge in [-0.25, -0.2) is 4.79 Å². The van der Waals surface area contributed by atoms with Crippen molar-refractivity contribution in [2.75, 3.05) is 11.9 Å². The molecule has 3 aliphatic heterocycles. The van der Waals surface area contributed by atoms with Crippen LogP contribution in [-0.2, 0) is 14.3 Å².